The van der Waals surface area contributed by atoms with Gasteiger partial charge >= 0.3 is 0 Å². The van der Waals surface area contributed by atoms with Crippen LogP contribution in [0, 0.1) is 0 Å². The van der Waals surface area contributed by atoms with E-state index in [0.717, 1.165) is 43.6 Å². The standard InChI is InChI=1S/C27H35ClN6O4S/c1-17(2)32-11-8-18(9-12-32)29-26(35)22-14-21(27(36)33-10-4-5-20(33)16-37-3)30-34(22)15-19-13-23(38-31-19)24-6-7-25(28)39-24/h6-7,13-14,17-18,20H,4-5,8-12,15-16H2,1-3H3,(H,29,35)/t20-/m0/s1. The molecule has 210 valence electrons. The molecule has 0 spiro atoms. The van der Waals surface area contributed by atoms with Crippen LogP contribution in [0.2, 0.25) is 4.34 Å². The van der Waals surface area contributed by atoms with Gasteiger partial charge in [0.05, 0.1) is 28.4 Å². The van der Waals surface area contributed by atoms with E-state index in [0.29, 0.717) is 40.7 Å². The zero-order valence-corrected chi connectivity index (χ0v) is 24.1. The highest BCUT2D eigenvalue weighted by Gasteiger charge is 2.32. The van der Waals surface area contributed by atoms with E-state index in [2.05, 4.69) is 34.3 Å². The molecule has 39 heavy (non-hydrogen) atoms. The molecule has 3 aromatic heterocycles. The normalized spacial score (nSPS) is 18.8. The summed E-state index contributed by atoms with van der Waals surface area (Å²) in [5, 5.41) is 12.0. The first-order valence-corrected chi connectivity index (χ1v) is 14.7. The van der Waals surface area contributed by atoms with Crippen LogP contribution in [0.25, 0.3) is 10.6 Å². The molecule has 12 heteroatoms. The van der Waals surface area contributed by atoms with Crippen molar-refractivity contribution in [2.45, 2.75) is 64.2 Å². The van der Waals surface area contributed by atoms with Crippen LogP contribution in [0.15, 0.2) is 28.8 Å². The van der Waals surface area contributed by atoms with Gasteiger partial charge < -0.3 is 24.4 Å². The number of nitrogens with one attached hydrogen (secondary N) is 1. The summed E-state index contributed by atoms with van der Waals surface area (Å²) in [5.74, 6) is 0.155. The molecular weight excluding hydrogens is 540 g/mol. The van der Waals surface area contributed by atoms with Gasteiger partial charge in [0.2, 0.25) is 0 Å². The summed E-state index contributed by atoms with van der Waals surface area (Å²) >= 11 is 7.47. The molecular formula is C27H35ClN6O4S. The zero-order valence-electron chi connectivity index (χ0n) is 22.6. The maximum atomic E-state index is 13.5. The highest BCUT2D eigenvalue weighted by Crippen LogP contribution is 2.31. The Hall–Kier alpha value is -2.73. The number of carbonyl (C=O) groups excluding carboxylic acids is 2. The van der Waals surface area contributed by atoms with Crippen LogP contribution in [-0.4, -0.2) is 88.0 Å². The minimum Gasteiger partial charge on any atom is -0.383 e. The first-order chi connectivity index (χ1) is 18.8. The largest absolute Gasteiger partial charge is 0.383 e. The lowest BCUT2D eigenvalue weighted by Gasteiger charge is -2.34. The van der Waals surface area contributed by atoms with Gasteiger partial charge in [-0.05, 0) is 51.7 Å². The monoisotopic (exact) mass is 574 g/mol. The fourth-order valence-electron chi connectivity index (χ4n) is 5.36. The van der Waals surface area contributed by atoms with Crippen molar-refractivity contribution in [3.8, 4) is 10.6 Å². The Morgan fingerprint density at radius 3 is 2.69 bits per heavy atom. The van der Waals surface area contributed by atoms with Crippen molar-refractivity contribution < 1.29 is 18.8 Å². The molecule has 2 saturated heterocycles. The summed E-state index contributed by atoms with van der Waals surface area (Å²) in [6.07, 6.45) is 3.56. The molecule has 0 radical (unpaired) electrons. The molecule has 5 rings (SSSR count). The van der Waals surface area contributed by atoms with E-state index >= 15 is 0 Å². The number of thiophene rings is 1. The van der Waals surface area contributed by atoms with Gasteiger partial charge in [-0.25, -0.2) is 0 Å². The third kappa shape index (κ3) is 6.37. The number of nitrogens with zero attached hydrogens (tertiary/aromatic N) is 5. The predicted molar refractivity (Wildman–Crippen MR) is 149 cm³/mol. The van der Waals surface area contributed by atoms with Gasteiger partial charge in [-0.2, -0.15) is 5.10 Å². The van der Waals surface area contributed by atoms with Crippen molar-refractivity contribution in [3.63, 3.8) is 0 Å². The number of piperidine rings is 1. The average Bonchev–Trinajstić information content (AvgIpc) is 3.72. The maximum Gasteiger partial charge on any atom is 0.274 e. The summed E-state index contributed by atoms with van der Waals surface area (Å²) in [7, 11) is 1.64. The first kappa shape index (κ1) is 27.8. The number of hydrogen-bond acceptors (Lipinski definition) is 8. The molecule has 0 saturated carbocycles. The highest BCUT2D eigenvalue weighted by atomic mass is 35.5. The number of amides is 2. The Kier molecular flexibility index (Phi) is 8.70. The molecule has 0 unspecified atom stereocenters. The second-order valence-corrected chi connectivity index (χ2v) is 12.2. The molecule has 2 amide bonds. The van der Waals surface area contributed by atoms with Gasteiger partial charge in [0.1, 0.15) is 11.4 Å². The molecule has 1 N–H and O–H groups in total. The van der Waals surface area contributed by atoms with Crippen LogP contribution >= 0.6 is 22.9 Å². The SMILES string of the molecule is COC[C@@H]1CCCN1C(=O)c1cc(C(=O)NC2CCN(C(C)C)CC2)n(Cc2cc(-c3ccc(Cl)s3)on2)n1. The van der Waals surface area contributed by atoms with Crippen LogP contribution in [0.1, 0.15) is 66.2 Å². The number of likely N-dealkylation sites (tertiary alicyclic amines) is 2. The summed E-state index contributed by atoms with van der Waals surface area (Å²) in [5.41, 5.74) is 1.16. The lowest BCUT2D eigenvalue weighted by molar-refractivity contribution is 0.0624. The quantitative estimate of drug-likeness (QED) is 0.409. The third-order valence-electron chi connectivity index (χ3n) is 7.51. The van der Waals surface area contributed by atoms with Gasteiger partial charge in [0, 0.05) is 51.0 Å². The number of carbonyl (C=O) groups is 2. The molecule has 0 bridgehead atoms. The van der Waals surface area contributed by atoms with E-state index in [9.17, 15) is 9.59 Å². The number of rotatable bonds is 9. The number of methoxy groups -OCH3 is 1. The molecule has 2 aliphatic heterocycles. The number of halogens is 1. The fourth-order valence-corrected chi connectivity index (χ4v) is 6.35. The Morgan fingerprint density at radius 1 is 1.21 bits per heavy atom. The topological polar surface area (TPSA) is 106 Å². The smallest absolute Gasteiger partial charge is 0.274 e. The molecule has 1 atom stereocenters. The predicted octanol–water partition coefficient (Wildman–Crippen LogP) is 4.15. The Labute approximate surface area is 237 Å². The van der Waals surface area contributed by atoms with Crippen LogP contribution in [-0.2, 0) is 11.3 Å². The molecule has 0 aromatic carbocycles. The lowest BCUT2D eigenvalue weighted by Crippen LogP contribution is -2.46. The molecule has 10 nitrogen and oxygen atoms in total. The molecule has 0 aliphatic carbocycles. The minimum atomic E-state index is -0.242. The summed E-state index contributed by atoms with van der Waals surface area (Å²) in [6.45, 7) is 7.57. The second-order valence-electron chi connectivity index (χ2n) is 10.5. The fraction of sp³-hybridized carbons (Fsp3) is 0.556. The van der Waals surface area contributed by atoms with Crippen molar-refractivity contribution >= 4 is 34.8 Å². The summed E-state index contributed by atoms with van der Waals surface area (Å²) in [4.78, 5) is 32.0. The summed E-state index contributed by atoms with van der Waals surface area (Å²) in [6, 6.07) is 7.65. The van der Waals surface area contributed by atoms with Crippen molar-refractivity contribution in [1.82, 2.24) is 30.1 Å². The summed E-state index contributed by atoms with van der Waals surface area (Å²) < 4.78 is 13.1. The third-order valence-corrected chi connectivity index (χ3v) is 8.76. The van der Waals surface area contributed by atoms with Crippen molar-refractivity contribution in [2.24, 2.45) is 0 Å². The van der Waals surface area contributed by atoms with E-state index in [-0.39, 0.29) is 36.1 Å². The Morgan fingerprint density at radius 2 is 2.00 bits per heavy atom. The second kappa shape index (κ2) is 12.2. The molecule has 3 aromatic rings. The van der Waals surface area contributed by atoms with E-state index < -0.39 is 0 Å². The van der Waals surface area contributed by atoms with Crippen LogP contribution in [0.3, 0.4) is 0 Å². The van der Waals surface area contributed by atoms with Gasteiger partial charge in [-0.15, -0.1) is 11.3 Å². The van der Waals surface area contributed by atoms with Crippen LogP contribution in [0.4, 0.5) is 0 Å². The van der Waals surface area contributed by atoms with Gasteiger partial charge in [0.25, 0.3) is 11.8 Å². The lowest BCUT2D eigenvalue weighted by atomic mass is 10.0. The Bertz CT molecular complexity index is 1290. The number of ether oxygens (including phenoxy) is 1. The molecule has 5 heterocycles. The van der Waals surface area contributed by atoms with Gasteiger partial charge in [-0.3, -0.25) is 14.3 Å². The maximum absolute atomic E-state index is 13.5. The highest BCUT2D eigenvalue weighted by molar-refractivity contribution is 7.19. The number of aromatic nitrogens is 3. The van der Waals surface area contributed by atoms with E-state index in [1.807, 2.05) is 12.1 Å². The van der Waals surface area contributed by atoms with E-state index in [1.54, 1.807) is 28.8 Å². The van der Waals surface area contributed by atoms with Crippen molar-refractivity contribution in [3.05, 3.63) is 45.7 Å². The van der Waals surface area contributed by atoms with Crippen LogP contribution < -0.4 is 5.32 Å². The van der Waals surface area contributed by atoms with E-state index in [4.69, 9.17) is 20.9 Å². The van der Waals surface area contributed by atoms with Gasteiger partial charge in [0.15, 0.2) is 11.5 Å². The van der Waals surface area contributed by atoms with Gasteiger partial charge in [-0.1, -0.05) is 16.8 Å². The zero-order chi connectivity index (χ0) is 27.5. The Balaban J connectivity index is 1.37. The van der Waals surface area contributed by atoms with Crippen molar-refractivity contribution in [2.75, 3.05) is 33.4 Å². The van der Waals surface area contributed by atoms with Crippen LogP contribution in [0.5, 0.6) is 0 Å². The van der Waals surface area contributed by atoms with Crippen molar-refractivity contribution in [1.29, 1.82) is 0 Å². The molecule has 2 aliphatic rings. The van der Waals surface area contributed by atoms with E-state index in [1.165, 1.54) is 11.3 Å². The number of hydrogen-bond donors (Lipinski definition) is 1. The molecule has 2 fully saturated rings. The minimum absolute atomic E-state index is 0.00628. The average molecular weight is 575 g/mol. The first-order valence-electron chi connectivity index (χ1n) is 13.5.